The molecule has 1 heterocycles. The number of ether oxygens (including phenoxy) is 2. The standard InChI is InChI=1S/C19H25F3N4O2S/c1-12(2)14-10-29-17(26-14)9-25-18(23-3)24-8-13-5-6-15(16(7-13)27-4)28-11-19(20,21)22/h5-7,10,12H,8-9,11H2,1-4H3,(H2,23,24,25). The highest BCUT2D eigenvalue weighted by molar-refractivity contribution is 7.09. The van der Waals surface area contributed by atoms with Crippen molar-refractivity contribution in [2.45, 2.75) is 39.0 Å². The van der Waals surface area contributed by atoms with E-state index >= 15 is 0 Å². The van der Waals surface area contributed by atoms with Gasteiger partial charge in [0.2, 0.25) is 0 Å². The zero-order chi connectivity index (χ0) is 21.4. The van der Waals surface area contributed by atoms with Gasteiger partial charge in [-0.15, -0.1) is 11.3 Å². The highest BCUT2D eigenvalue weighted by Crippen LogP contribution is 2.29. The summed E-state index contributed by atoms with van der Waals surface area (Å²) < 4.78 is 46.9. The van der Waals surface area contributed by atoms with Crippen LogP contribution in [0.2, 0.25) is 0 Å². The van der Waals surface area contributed by atoms with Gasteiger partial charge >= 0.3 is 6.18 Å². The number of aromatic nitrogens is 1. The van der Waals surface area contributed by atoms with Crippen molar-refractivity contribution in [2.24, 2.45) is 4.99 Å². The average molecular weight is 430 g/mol. The van der Waals surface area contributed by atoms with E-state index in [-0.39, 0.29) is 11.5 Å². The van der Waals surface area contributed by atoms with Crippen LogP contribution in [0.25, 0.3) is 0 Å². The third-order valence-corrected chi connectivity index (χ3v) is 4.74. The van der Waals surface area contributed by atoms with E-state index in [4.69, 9.17) is 9.47 Å². The van der Waals surface area contributed by atoms with Gasteiger partial charge in [0.25, 0.3) is 0 Å². The number of hydrogen-bond donors (Lipinski definition) is 2. The third-order valence-electron chi connectivity index (χ3n) is 3.87. The lowest BCUT2D eigenvalue weighted by Gasteiger charge is -2.15. The Hall–Kier alpha value is -2.49. The number of benzene rings is 1. The van der Waals surface area contributed by atoms with Gasteiger partial charge in [0.1, 0.15) is 5.01 Å². The van der Waals surface area contributed by atoms with Gasteiger partial charge in [-0.3, -0.25) is 4.99 Å². The monoisotopic (exact) mass is 430 g/mol. The van der Waals surface area contributed by atoms with E-state index in [2.05, 4.69) is 34.5 Å². The summed E-state index contributed by atoms with van der Waals surface area (Å²) in [7, 11) is 3.04. The molecule has 0 atom stereocenters. The Morgan fingerprint density at radius 3 is 2.52 bits per heavy atom. The highest BCUT2D eigenvalue weighted by Gasteiger charge is 2.29. The van der Waals surface area contributed by atoms with Gasteiger partial charge < -0.3 is 20.1 Å². The topological polar surface area (TPSA) is 67.8 Å². The maximum Gasteiger partial charge on any atom is 0.422 e. The maximum absolute atomic E-state index is 12.3. The van der Waals surface area contributed by atoms with E-state index in [1.165, 1.54) is 13.2 Å². The first-order valence-electron chi connectivity index (χ1n) is 8.97. The van der Waals surface area contributed by atoms with Crippen molar-refractivity contribution in [2.75, 3.05) is 20.8 Å². The van der Waals surface area contributed by atoms with Gasteiger partial charge in [-0.05, 0) is 23.6 Å². The highest BCUT2D eigenvalue weighted by atomic mass is 32.1. The Morgan fingerprint density at radius 2 is 1.93 bits per heavy atom. The lowest BCUT2D eigenvalue weighted by Crippen LogP contribution is -2.36. The lowest BCUT2D eigenvalue weighted by molar-refractivity contribution is -0.153. The molecular weight excluding hydrogens is 405 g/mol. The van der Waals surface area contributed by atoms with Crippen molar-refractivity contribution >= 4 is 17.3 Å². The summed E-state index contributed by atoms with van der Waals surface area (Å²) in [4.78, 5) is 8.73. The summed E-state index contributed by atoms with van der Waals surface area (Å²) in [6, 6.07) is 4.76. The average Bonchev–Trinajstić information content (AvgIpc) is 3.15. The number of guanidine groups is 1. The van der Waals surface area contributed by atoms with Crippen molar-refractivity contribution in [3.8, 4) is 11.5 Å². The summed E-state index contributed by atoms with van der Waals surface area (Å²) >= 11 is 1.59. The number of hydrogen-bond acceptors (Lipinski definition) is 5. The van der Waals surface area contributed by atoms with Crippen molar-refractivity contribution in [1.29, 1.82) is 0 Å². The number of nitrogens with one attached hydrogen (secondary N) is 2. The molecule has 10 heteroatoms. The predicted octanol–water partition coefficient (Wildman–Crippen LogP) is 4.08. The third kappa shape index (κ3) is 7.45. The summed E-state index contributed by atoms with van der Waals surface area (Å²) in [5, 5.41) is 9.35. The first-order valence-corrected chi connectivity index (χ1v) is 9.85. The Kier molecular flexibility index (Phi) is 8.12. The van der Waals surface area contributed by atoms with Crippen LogP contribution in [0.3, 0.4) is 0 Å². The van der Waals surface area contributed by atoms with Crippen LogP contribution in [0.5, 0.6) is 11.5 Å². The minimum absolute atomic E-state index is 0.0424. The number of thiazole rings is 1. The van der Waals surface area contributed by atoms with Crippen LogP contribution in [0, 0.1) is 0 Å². The fraction of sp³-hybridized carbons (Fsp3) is 0.474. The molecule has 2 aromatic rings. The Balaban J connectivity index is 1.91. The molecule has 2 rings (SSSR count). The number of aliphatic imine (C=N–C) groups is 1. The first-order chi connectivity index (χ1) is 13.7. The molecule has 0 bridgehead atoms. The quantitative estimate of drug-likeness (QED) is 0.488. The molecule has 6 nitrogen and oxygen atoms in total. The Bertz CT molecular complexity index is 822. The van der Waals surface area contributed by atoms with E-state index in [1.807, 2.05) is 5.38 Å². The Morgan fingerprint density at radius 1 is 1.21 bits per heavy atom. The molecule has 0 radical (unpaired) electrons. The lowest BCUT2D eigenvalue weighted by atomic mass is 10.2. The normalized spacial score (nSPS) is 12.2. The van der Waals surface area contributed by atoms with Gasteiger partial charge in [-0.1, -0.05) is 19.9 Å². The minimum atomic E-state index is -4.41. The Labute approximate surface area is 172 Å². The van der Waals surface area contributed by atoms with Gasteiger partial charge in [0, 0.05) is 19.0 Å². The van der Waals surface area contributed by atoms with Crippen LogP contribution in [-0.4, -0.2) is 37.9 Å². The maximum atomic E-state index is 12.3. The summed E-state index contributed by atoms with van der Waals surface area (Å²) in [6.07, 6.45) is -4.41. The minimum Gasteiger partial charge on any atom is -0.493 e. The van der Waals surface area contributed by atoms with Crippen LogP contribution in [0.15, 0.2) is 28.6 Å². The summed E-state index contributed by atoms with van der Waals surface area (Å²) in [5.74, 6) is 1.25. The van der Waals surface area contributed by atoms with Gasteiger partial charge in [-0.25, -0.2) is 4.98 Å². The molecule has 29 heavy (non-hydrogen) atoms. The van der Waals surface area contributed by atoms with E-state index in [0.717, 1.165) is 16.3 Å². The fourth-order valence-corrected chi connectivity index (χ4v) is 3.23. The number of nitrogens with zero attached hydrogens (tertiary/aromatic N) is 2. The number of rotatable bonds is 8. The molecule has 0 fully saturated rings. The summed E-state index contributed by atoms with van der Waals surface area (Å²) in [5.41, 5.74) is 1.87. The van der Waals surface area contributed by atoms with E-state index in [1.54, 1.807) is 30.5 Å². The molecule has 1 aromatic carbocycles. The van der Waals surface area contributed by atoms with Crippen molar-refractivity contribution in [3.63, 3.8) is 0 Å². The van der Waals surface area contributed by atoms with Crippen LogP contribution in [-0.2, 0) is 13.1 Å². The predicted molar refractivity (Wildman–Crippen MR) is 108 cm³/mol. The zero-order valence-electron chi connectivity index (χ0n) is 16.8. The SMILES string of the molecule is CN=C(NCc1ccc(OCC(F)(F)F)c(OC)c1)NCc1nc(C(C)C)cs1. The number of halogens is 3. The van der Waals surface area contributed by atoms with E-state index in [9.17, 15) is 13.2 Å². The molecule has 0 aliphatic carbocycles. The molecule has 0 saturated heterocycles. The van der Waals surface area contributed by atoms with Crippen molar-refractivity contribution < 1.29 is 22.6 Å². The molecule has 0 aliphatic heterocycles. The number of alkyl halides is 3. The van der Waals surface area contributed by atoms with Crippen LogP contribution < -0.4 is 20.1 Å². The molecule has 160 valence electrons. The molecule has 0 unspecified atom stereocenters. The second-order valence-corrected chi connectivity index (χ2v) is 7.43. The number of methoxy groups -OCH3 is 1. The second-order valence-electron chi connectivity index (χ2n) is 6.49. The van der Waals surface area contributed by atoms with Gasteiger partial charge in [-0.2, -0.15) is 13.2 Å². The fourth-order valence-electron chi connectivity index (χ4n) is 2.34. The molecule has 1 aromatic heterocycles. The molecule has 2 N–H and O–H groups in total. The smallest absolute Gasteiger partial charge is 0.422 e. The molecule has 0 amide bonds. The van der Waals surface area contributed by atoms with E-state index in [0.29, 0.717) is 25.0 Å². The largest absolute Gasteiger partial charge is 0.493 e. The van der Waals surface area contributed by atoms with Crippen LogP contribution in [0.4, 0.5) is 13.2 Å². The van der Waals surface area contributed by atoms with E-state index < -0.39 is 12.8 Å². The molecular formula is C19H25F3N4O2S. The zero-order valence-corrected chi connectivity index (χ0v) is 17.6. The second kappa shape index (κ2) is 10.3. The molecule has 0 saturated carbocycles. The van der Waals surface area contributed by atoms with Gasteiger partial charge in [0.15, 0.2) is 24.1 Å². The summed E-state index contributed by atoms with van der Waals surface area (Å²) in [6.45, 7) is 3.78. The van der Waals surface area contributed by atoms with Crippen molar-refractivity contribution in [3.05, 3.63) is 39.8 Å². The van der Waals surface area contributed by atoms with Gasteiger partial charge in [0.05, 0.1) is 19.3 Å². The van der Waals surface area contributed by atoms with Crippen LogP contribution in [0.1, 0.15) is 36.0 Å². The van der Waals surface area contributed by atoms with Crippen molar-refractivity contribution in [1.82, 2.24) is 15.6 Å². The van der Waals surface area contributed by atoms with Crippen LogP contribution >= 0.6 is 11.3 Å². The molecule has 0 aliphatic rings. The molecule has 0 spiro atoms. The first kappa shape index (κ1) is 22.8.